The minimum Gasteiger partial charge on any atom is -0.370 e. The third-order valence-electron chi connectivity index (χ3n) is 2.75. The molecule has 0 aromatic heterocycles. The van der Waals surface area contributed by atoms with Crippen molar-refractivity contribution in [3.05, 3.63) is 29.3 Å². The van der Waals surface area contributed by atoms with Crippen LogP contribution in [0.25, 0.3) is 0 Å². The SMILES string of the molecule is CC(C)(C)c1ccc2c(c1)CC(N)N2. The largest absolute Gasteiger partial charge is 0.370 e. The van der Waals surface area contributed by atoms with Gasteiger partial charge in [0.2, 0.25) is 0 Å². The van der Waals surface area contributed by atoms with E-state index >= 15 is 0 Å². The topological polar surface area (TPSA) is 38.0 Å². The monoisotopic (exact) mass is 190 g/mol. The molecule has 3 N–H and O–H groups in total. The van der Waals surface area contributed by atoms with Crippen LogP contribution in [0.3, 0.4) is 0 Å². The quantitative estimate of drug-likeness (QED) is 0.658. The molecule has 0 amide bonds. The fraction of sp³-hybridized carbons (Fsp3) is 0.500. The van der Waals surface area contributed by atoms with E-state index in [1.807, 2.05) is 0 Å². The Bertz CT molecular complexity index is 350. The number of hydrogen-bond acceptors (Lipinski definition) is 2. The molecule has 1 aliphatic heterocycles. The highest BCUT2D eigenvalue weighted by Gasteiger charge is 2.20. The lowest BCUT2D eigenvalue weighted by Gasteiger charge is -2.19. The zero-order valence-electron chi connectivity index (χ0n) is 9.09. The van der Waals surface area contributed by atoms with E-state index in [-0.39, 0.29) is 11.6 Å². The highest BCUT2D eigenvalue weighted by Crippen LogP contribution is 2.30. The minimum atomic E-state index is 0.0974. The van der Waals surface area contributed by atoms with Crippen LogP contribution >= 0.6 is 0 Å². The van der Waals surface area contributed by atoms with Crippen LogP contribution in [0.15, 0.2) is 18.2 Å². The molecule has 0 saturated carbocycles. The average molecular weight is 190 g/mol. The Balaban J connectivity index is 2.38. The van der Waals surface area contributed by atoms with Gasteiger partial charge in [0.1, 0.15) is 0 Å². The van der Waals surface area contributed by atoms with Gasteiger partial charge in [0.05, 0.1) is 6.17 Å². The maximum absolute atomic E-state index is 5.83. The first-order valence-corrected chi connectivity index (χ1v) is 5.12. The summed E-state index contributed by atoms with van der Waals surface area (Å²) in [7, 11) is 0. The van der Waals surface area contributed by atoms with Crippen molar-refractivity contribution in [2.45, 2.75) is 38.8 Å². The van der Waals surface area contributed by atoms with E-state index in [0.29, 0.717) is 0 Å². The molecule has 0 spiro atoms. The van der Waals surface area contributed by atoms with Crippen molar-refractivity contribution in [1.82, 2.24) is 0 Å². The zero-order valence-corrected chi connectivity index (χ0v) is 9.09. The Morgan fingerprint density at radius 3 is 2.71 bits per heavy atom. The predicted octanol–water partition coefficient (Wildman–Crippen LogP) is 2.24. The van der Waals surface area contributed by atoms with Gasteiger partial charge in [-0.2, -0.15) is 0 Å². The van der Waals surface area contributed by atoms with Crippen molar-refractivity contribution >= 4 is 5.69 Å². The fourth-order valence-electron chi connectivity index (χ4n) is 1.86. The summed E-state index contributed by atoms with van der Waals surface area (Å²) in [5.74, 6) is 0. The van der Waals surface area contributed by atoms with E-state index in [9.17, 15) is 0 Å². The molecule has 0 radical (unpaired) electrons. The van der Waals surface area contributed by atoms with E-state index < -0.39 is 0 Å². The molecule has 2 nitrogen and oxygen atoms in total. The summed E-state index contributed by atoms with van der Waals surface area (Å²) in [4.78, 5) is 0. The van der Waals surface area contributed by atoms with Gasteiger partial charge in [-0.3, -0.25) is 0 Å². The van der Waals surface area contributed by atoms with Crippen molar-refractivity contribution in [3.63, 3.8) is 0 Å². The van der Waals surface area contributed by atoms with Gasteiger partial charge in [-0.25, -0.2) is 0 Å². The van der Waals surface area contributed by atoms with Gasteiger partial charge in [-0.1, -0.05) is 32.9 Å². The normalized spacial score (nSPS) is 20.4. The second kappa shape index (κ2) is 2.99. The molecule has 2 rings (SSSR count). The molecule has 1 aliphatic rings. The van der Waals surface area contributed by atoms with E-state index in [2.05, 4.69) is 44.3 Å². The first-order valence-electron chi connectivity index (χ1n) is 5.12. The molecular weight excluding hydrogens is 172 g/mol. The van der Waals surface area contributed by atoms with Crippen LogP contribution in [0.2, 0.25) is 0 Å². The number of rotatable bonds is 0. The molecule has 1 unspecified atom stereocenters. The molecule has 0 bridgehead atoms. The lowest BCUT2D eigenvalue weighted by Crippen LogP contribution is -2.25. The Morgan fingerprint density at radius 2 is 2.07 bits per heavy atom. The van der Waals surface area contributed by atoms with Crippen molar-refractivity contribution in [2.24, 2.45) is 5.73 Å². The molecule has 14 heavy (non-hydrogen) atoms. The highest BCUT2D eigenvalue weighted by molar-refractivity contribution is 5.58. The maximum Gasteiger partial charge on any atom is 0.0784 e. The summed E-state index contributed by atoms with van der Waals surface area (Å²) >= 11 is 0. The number of benzene rings is 1. The molecule has 0 fully saturated rings. The van der Waals surface area contributed by atoms with Crippen LogP contribution in [0.5, 0.6) is 0 Å². The summed E-state index contributed by atoms with van der Waals surface area (Å²) in [6.07, 6.45) is 1.04. The molecule has 2 heteroatoms. The van der Waals surface area contributed by atoms with Crippen molar-refractivity contribution in [2.75, 3.05) is 5.32 Å². The van der Waals surface area contributed by atoms with Crippen LogP contribution in [-0.4, -0.2) is 6.17 Å². The second-order valence-corrected chi connectivity index (χ2v) is 5.08. The van der Waals surface area contributed by atoms with Crippen molar-refractivity contribution in [1.29, 1.82) is 0 Å². The maximum atomic E-state index is 5.83. The van der Waals surface area contributed by atoms with Crippen LogP contribution in [0, 0.1) is 0 Å². The number of fused-ring (bicyclic) bond motifs is 1. The first-order chi connectivity index (χ1) is 6.47. The smallest absolute Gasteiger partial charge is 0.0784 e. The molecule has 0 aliphatic carbocycles. The van der Waals surface area contributed by atoms with E-state index in [1.165, 1.54) is 16.8 Å². The van der Waals surface area contributed by atoms with Gasteiger partial charge in [0, 0.05) is 12.1 Å². The first kappa shape index (κ1) is 9.53. The van der Waals surface area contributed by atoms with Crippen molar-refractivity contribution in [3.8, 4) is 0 Å². The Kier molecular flexibility index (Phi) is 2.04. The van der Waals surface area contributed by atoms with E-state index in [4.69, 9.17) is 5.73 Å². The summed E-state index contributed by atoms with van der Waals surface area (Å²) in [6.45, 7) is 6.70. The van der Waals surface area contributed by atoms with Crippen molar-refractivity contribution < 1.29 is 0 Å². The standard InChI is InChI=1S/C12H18N2/c1-12(2,3)9-4-5-10-8(6-9)7-11(13)14-10/h4-6,11,14H,7,13H2,1-3H3. The Hall–Kier alpha value is -1.02. The molecule has 0 saturated heterocycles. The number of anilines is 1. The number of nitrogens with one attached hydrogen (secondary N) is 1. The second-order valence-electron chi connectivity index (χ2n) is 5.08. The predicted molar refractivity (Wildman–Crippen MR) is 60.4 cm³/mol. The summed E-state index contributed by atoms with van der Waals surface area (Å²) in [5, 5.41) is 3.25. The van der Waals surface area contributed by atoms with Gasteiger partial charge < -0.3 is 11.1 Å². The summed E-state index contributed by atoms with van der Waals surface area (Å²) in [6, 6.07) is 6.60. The van der Waals surface area contributed by atoms with E-state index in [0.717, 1.165) is 6.42 Å². The minimum absolute atomic E-state index is 0.0974. The average Bonchev–Trinajstić information content (AvgIpc) is 2.41. The summed E-state index contributed by atoms with van der Waals surface area (Å²) < 4.78 is 0. The third kappa shape index (κ3) is 1.62. The van der Waals surface area contributed by atoms with Crippen LogP contribution < -0.4 is 11.1 Å². The Labute approximate surface area is 85.5 Å². The van der Waals surface area contributed by atoms with Gasteiger partial charge in [0.15, 0.2) is 0 Å². The van der Waals surface area contributed by atoms with Crippen LogP contribution in [0.4, 0.5) is 5.69 Å². The molecule has 1 aromatic rings. The lowest BCUT2D eigenvalue weighted by atomic mass is 9.86. The fourth-order valence-corrected chi connectivity index (χ4v) is 1.86. The number of nitrogens with two attached hydrogens (primary N) is 1. The van der Waals surface area contributed by atoms with Gasteiger partial charge in [-0.15, -0.1) is 0 Å². The van der Waals surface area contributed by atoms with E-state index in [1.54, 1.807) is 0 Å². The lowest BCUT2D eigenvalue weighted by molar-refractivity contribution is 0.589. The highest BCUT2D eigenvalue weighted by atomic mass is 15.0. The molecule has 1 atom stereocenters. The molecular formula is C12H18N2. The van der Waals surface area contributed by atoms with Gasteiger partial charge in [-0.05, 0) is 22.6 Å². The molecule has 1 heterocycles. The third-order valence-corrected chi connectivity index (χ3v) is 2.75. The number of hydrogen-bond donors (Lipinski definition) is 2. The zero-order chi connectivity index (χ0) is 10.3. The Morgan fingerprint density at radius 1 is 1.36 bits per heavy atom. The van der Waals surface area contributed by atoms with Gasteiger partial charge >= 0.3 is 0 Å². The molecule has 76 valence electrons. The van der Waals surface area contributed by atoms with Gasteiger partial charge in [0.25, 0.3) is 0 Å². The molecule has 1 aromatic carbocycles. The summed E-state index contributed by atoms with van der Waals surface area (Å²) in [5.41, 5.74) is 9.99. The van der Waals surface area contributed by atoms with Crippen LogP contribution in [-0.2, 0) is 11.8 Å². The van der Waals surface area contributed by atoms with Crippen LogP contribution in [0.1, 0.15) is 31.9 Å².